The van der Waals surface area contributed by atoms with Crippen LogP contribution in [0.15, 0.2) is 12.1 Å². The van der Waals surface area contributed by atoms with Crippen molar-refractivity contribution in [2.75, 3.05) is 7.11 Å². The summed E-state index contributed by atoms with van der Waals surface area (Å²) in [7, 11) is 1.22. The van der Waals surface area contributed by atoms with Crippen LogP contribution in [0.5, 0.6) is 5.75 Å². The van der Waals surface area contributed by atoms with Gasteiger partial charge in [0.15, 0.2) is 12.0 Å². The molecule has 1 amide bonds. The molecule has 0 radical (unpaired) electrons. The van der Waals surface area contributed by atoms with Crippen LogP contribution in [-0.4, -0.2) is 24.2 Å². The zero-order valence-corrected chi connectivity index (χ0v) is 8.80. The third kappa shape index (κ3) is 2.21. The molecule has 17 heavy (non-hydrogen) atoms. The molecule has 0 heterocycles. The maximum atomic E-state index is 11.4. The Balaban J connectivity index is 3.64. The number of carbonyl (C=O) groups excluding carboxylic acids is 2. The number of nitro groups is 1. The van der Waals surface area contributed by atoms with Crippen molar-refractivity contribution in [2.24, 2.45) is 5.84 Å². The Morgan fingerprint density at radius 3 is 2.65 bits per heavy atom. The van der Waals surface area contributed by atoms with Crippen LogP contribution in [0.1, 0.15) is 20.7 Å². The predicted molar refractivity (Wildman–Crippen MR) is 56.7 cm³/mol. The third-order valence-electron chi connectivity index (χ3n) is 2.06. The number of nitrogens with two attached hydrogens (primary N) is 1. The summed E-state index contributed by atoms with van der Waals surface area (Å²) in [5.41, 5.74) is 0.585. The van der Waals surface area contributed by atoms with E-state index >= 15 is 0 Å². The van der Waals surface area contributed by atoms with Gasteiger partial charge in [-0.3, -0.25) is 25.1 Å². The number of nitrogen functional groups attached to an aromatic ring is 1. The van der Waals surface area contributed by atoms with E-state index in [1.54, 1.807) is 5.43 Å². The number of amides is 1. The highest BCUT2D eigenvalue weighted by atomic mass is 16.6. The molecular formula is C9H9N3O5. The molecule has 0 aromatic heterocycles. The average molecular weight is 239 g/mol. The van der Waals surface area contributed by atoms with Gasteiger partial charge in [0.2, 0.25) is 0 Å². The summed E-state index contributed by atoms with van der Waals surface area (Å²) < 4.78 is 4.76. The van der Waals surface area contributed by atoms with Crippen molar-refractivity contribution in [3.8, 4) is 5.75 Å². The van der Waals surface area contributed by atoms with Crippen LogP contribution in [0.25, 0.3) is 0 Å². The lowest BCUT2D eigenvalue weighted by molar-refractivity contribution is -0.386. The molecule has 0 spiro atoms. The lowest BCUT2D eigenvalue weighted by Crippen LogP contribution is -2.31. The molecule has 0 saturated heterocycles. The molecule has 90 valence electrons. The Morgan fingerprint density at radius 2 is 2.24 bits per heavy atom. The highest BCUT2D eigenvalue weighted by molar-refractivity contribution is 6.05. The van der Waals surface area contributed by atoms with Crippen molar-refractivity contribution in [3.63, 3.8) is 0 Å². The Hall–Kier alpha value is -2.48. The lowest BCUT2D eigenvalue weighted by Gasteiger charge is -2.07. The predicted octanol–water partition coefficient (Wildman–Crippen LogP) is 0.0194. The van der Waals surface area contributed by atoms with Gasteiger partial charge in [-0.05, 0) is 12.1 Å². The standard InChI is InChI=1S/C9H9N3O5/c1-17-6-3-2-5(4-13)7(9(14)11-10)8(6)12(15)16/h2-4H,10H2,1H3,(H,11,14). The minimum atomic E-state index is -0.933. The molecule has 1 rings (SSSR count). The van der Waals surface area contributed by atoms with Crippen molar-refractivity contribution in [3.05, 3.63) is 33.4 Å². The van der Waals surface area contributed by atoms with Crippen LogP contribution >= 0.6 is 0 Å². The van der Waals surface area contributed by atoms with E-state index < -0.39 is 22.1 Å². The van der Waals surface area contributed by atoms with Crippen molar-refractivity contribution in [1.82, 2.24) is 5.43 Å². The van der Waals surface area contributed by atoms with Gasteiger partial charge in [0, 0.05) is 5.56 Å². The van der Waals surface area contributed by atoms with E-state index in [4.69, 9.17) is 10.6 Å². The van der Waals surface area contributed by atoms with Crippen LogP contribution in [0.3, 0.4) is 0 Å². The zero-order chi connectivity index (χ0) is 13.0. The second kappa shape index (κ2) is 5.03. The highest BCUT2D eigenvalue weighted by Crippen LogP contribution is 2.32. The Labute approximate surface area is 95.5 Å². The molecular weight excluding hydrogens is 230 g/mol. The Morgan fingerprint density at radius 1 is 1.59 bits per heavy atom. The van der Waals surface area contributed by atoms with Gasteiger partial charge < -0.3 is 4.74 Å². The van der Waals surface area contributed by atoms with Gasteiger partial charge in [-0.25, -0.2) is 5.84 Å². The largest absolute Gasteiger partial charge is 0.490 e. The molecule has 8 nitrogen and oxygen atoms in total. The lowest BCUT2D eigenvalue weighted by atomic mass is 10.0. The number of nitrogens with zero attached hydrogens (tertiary/aromatic N) is 1. The maximum absolute atomic E-state index is 11.4. The van der Waals surface area contributed by atoms with E-state index in [1.807, 2.05) is 0 Å². The number of hydrogen-bond acceptors (Lipinski definition) is 6. The number of methoxy groups -OCH3 is 1. The first-order chi connectivity index (χ1) is 8.06. The third-order valence-corrected chi connectivity index (χ3v) is 2.06. The number of ether oxygens (including phenoxy) is 1. The molecule has 0 bridgehead atoms. The molecule has 0 aliphatic rings. The number of nitro benzene ring substituents is 1. The van der Waals surface area contributed by atoms with E-state index in [2.05, 4.69) is 0 Å². The molecule has 1 aromatic carbocycles. The van der Waals surface area contributed by atoms with E-state index in [-0.39, 0.29) is 11.3 Å². The molecule has 0 atom stereocenters. The molecule has 0 saturated carbocycles. The van der Waals surface area contributed by atoms with Gasteiger partial charge >= 0.3 is 5.69 Å². The van der Waals surface area contributed by atoms with Crippen LogP contribution in [-0.2, 0) is 0 Å². The smallest absolute Gasteiger partial charge is 0.324 e. The highest BCUT2D eigenvalue weighted by Gasteiger charge is 2.28. The fraction of sp³-hybridized carbons (Fsp3) is 0.111. The summed E-state index contributed by atoms with van der Waals surface area (Å²) in [5.74, 6) is 3.85. The Kier molecular flexibility index (Phi) is 3.73. The summed E-state index contributed by atoms with van der Waals surface area (Å²) in [6, 6.07) is 2.47. The van der Waals surface area contributed by atoms with Crippen molar-refractivity contribution in [2.45, 2.75) is 0 Å². The quantitative estimate of drug-likeness (QED) is 0.251. The molecule has 0 aliphatic carbocycles. The topological polar surface area (TPSA) is 125 Å². The molecule has 1 aromatic rings. The summed E-state index contributed by atoms with van der Waals surface area (Å²) in [4.78, 5) is 32.2. The van der Waals surface area contributed by atoms with E-state index in [0.29, 0.717) is 6.29 Å². The first-order valence-electron chi connectivity index (χ1n) is 4.38. The fourth-order valence-corrected chi connectivity index (χ4v) is 1.34. The minimum absolute atomic E-state index is 0.126. The van der Waals surface area contributed by atoms with Crippen molar-refractivity contribution < 1.29 is 19.2 Å². The van der Waals surface area contributed by atoms with Gasteiger partial charge in [-0.1, -0.05) is 0 Å². The van der Waals surface area contributed by atoms with Crippen molar-refractivity contribution >= 4 is 17.9 Å². The molecule has 3 N–H and O–H groups in total. The van der Waals surface area contributed by atoms with Crippen LogP contribution in [0, 0.1) is 10.1 Å². The molecule has 0 fully saturated rings. The maximum Gasteiger partial charge on any atom is 0.324 e. The number of aldehydes is 1. The number of carbonyl (C=O) groups is 2. The van der Waals surface area contributed by atoms with Gasteiger partial charge in [0.05, 0.1) is 12.0 Å². The van der Waals surface area contributed by atoms with Crippen molar-refractivity contribution in [1.29, 1.82) is 0 Å². The monoisotopic (exact) mass is 239 g/mol. The summed E-state index contributed by atoms with van der Waals surface area (Å²) >= 11 is 0. The fourth-order valence-electron chi connectivity index (χ4n) is 1.34. The average Bonchev–Trinajstić information content (AvgIpc) is 2.35. The second-order valence-electron chi connectivity index (χ2n) is 2.93. The Bertz CT molecular complexity index is 486. The number of nitrogens with one attached hydrogen (secondary N) is 1. The second-order valence-corrected chi connectivity index (χ2v) is 2.93. The van der Waals surface area contributed by atoms with E-state index in [1.165, 1.54) is 19.2 Å². The molecule has 8 heteroatoms. The van der Waals surface area contributed by atoms with Gasteiger partial charge in [0.1, 0.15) is 5.56 Å². The van der Waals surface area contributed by atoms with Crippen LogP contribution in [0.2, 0.25) is 0 Å². The van der Waals surface area contributed by atoms with Gasteiger partial charge in [-0.2, -0.15) is 0 Å². The van der Waals surface area contributed by atoms with Crippen LogP contribution < -0.4 is 16.0 Å². The first kappa shape index (κ1) is 12.6. The molecule has 0 aliphatic heterocycles. The summed E-state index contributed by atoms with van der Waals surface area (Å²) in [6.07, 6.45) is 0.330. The number of hydrogen-bond donors (Lipinski definition) is 2. The normalized spacial score (nSPS) is 9.53. The van der Waals surface area contributed by atoms with Gasteiger partial charge in [-0.15, -0.1) is 0 Å². The summed E-state index contributed by atoms with van der Waals surface area (Å²) in [6.45, 7) is 0. The first-order valence-corrected chi connectivity index (χ1v) is 4.38. The van der Waals surface area contributed by atoms with Gasteiger partial charge in [0.25, 0.3) is 5.91 Å². The number of rotatable bonds is 4. The van der Waals surface area contributed by atoms with Crippen LogP contribution in [0.4, 0.5) is 5.69 Å². The number of benzene rings is 1. The van der Waals surface area contributed by atoms with E-state index in [0.717, 1.165) is 0 Å². The number of hydrazine groups is 1. The minimum Gasteiger partial charge on any atom is -0.490 e. The summed E-state index contributed by atoms with van der Waals surface area (Å²) in [5, 5.41) is 10.9. The molecule has 0 unspecified atom stereocenters. The van der Waals surface area contributed by atoms with E-state index in [9.17, 15) is 19.7 Å². The zero-order valence-electron chi connectivity index (χ0n) is 8.80. The SMILES string of the molecule is COc1ccc(C=O)c(C(=O)NN)c1[N+](=O)[O-].